The van der Waals surface area contributed by atoms with Crippen LogP contribution < -0.4 is 5.32 Å². The van der Waals surface area contributed by atoms with Crippen molar-refractivity contribution in [2.24, 2.45) is 0 Å². The smallest absolute Gasteiger partial charge is 0.245 e. The molecule has 1 aromatic carbocycles. The number of carbonyl (C=O) groups is 2. The maximum atomic E-state index is 12.4. The van der Waals surface area contributed by atoms with Gasteiger partial charge in [-0.25, -0.2) is 0 Å². The summed E-state index contributed by atoms with van der Waals surface area (Å²) in [5.41, 5.74) is 0.529. The third-order valence-corrected chi connectivity index (χ3v) is 5.56. The molecule has 3 N–H and O–H groups in total. The Morgan fingerprint density at radius 1 is 1.29 bits per heavy atom. The number of nitrogens with one attached hydrogen (secondary N) is 1. The van der Waals surface area contributed by atoms with Gasteiger partial charge in [-0.15, -0.1) is 0 Å². The standard InChI is InChI=1S/C16H18Cl2N2O4/c17-9-1-2-12(22)13(14(9)18)8-3-5-20-11(7-8)15(23)19-10(4-6-21)16(20)24/h1-2,8,10-11,21-22H,3-7H2,(H,19,23)/t8-,10-,11+/m1/s1. The minimum atomic E-state index is -0.668. The van der Waals surface area contributed by atoms with Crippen molar-refractivity contribution in [3.63, 3.8) is 0 Å². The molecule has 0 bridgehead atoms. The number of phenols is 1. The van der Waals surface area contributed by atoms with Crippen LogP contribution in [0, 0.1) is 0 Å². The van der Waals surface area contributed by atoms with Crippen molar-refractivity contribution in [2.45, 2.75) is 37.3 Å². The average molecular weight is 373 g/mol. The molecule has 0 aliphatic carbocycles. The van der Waals surface area contributed by atoms with Crippen molar-refractivity contribution in [1.82, 2.24) is 10.2 Å². The normalized spacial score (nSPS) is 27.0. The van der Waals surface area contributed by atoms with Gasteiger partial charge in [0, 0.05) is 18.7 Å². The highest BCUT2D eigenvalue weighted by Crippen LogP contribution is 2.43. The Bertz CT molecular complexity index is 682. The van der Waals surface area contributed by atoms with Gasteiger partial charge in [-0.3, -0.25) is 9.59 Å². The SMILES string of the molecule is O=C1N[C@H](CCO)C(=O)N2CC[C@@H](c3c(O)ccc(Cl)c3Cl)C[C@@H]12. The largest absolute Gasteiger partial charge is 0.508 e. The number of aromatic hydroxyl groups is 1. The van der Waals surface area contributed by atoms with Gasteiger partial charge in [-0.2, -0.15) is 0 Å². The Labute approximate surface area is 149 Å². The molecule has 2 aliphatic rings. The van der Waals surface area contributed by atoms with Crippen LogP contribution in [0.15, 0.2) is 12.1 Å². The second kappa shape index (κ2) is 6.78. The molecule has 0 radical (unpaired) electrons. The minimum Gasteiger partial charge on any atom is -0.508 e. The van der Waals surface area contributed by atoms with E-state index in [2.05, 4.69) is 5.32 Å². The average Bonchev–Trinajstić information content (AvgIpc) is 2.56. The van der Waals surface area contributed by atoms with E-state index in [9.17, 15) is 14.7 Å². The van der Waals surface area contributed by atoms with Crippen LogP contribution in [0.1, 0.15) is 30.7 Å². The molecule has 3 rings (SSSR count). The lowest BCUT2D eigenvalue weighted by molar-refractivity contribution is -0.152. The number of piperazine rings is 1. The Balaban J connectivity index is 1.84. The zero-order valence-corrected chi connectivity index (χ0v) is 14.3. The molecule has 3 atom stereocenters. The number of fused-ring (bicyclic) bond motifs is 1. The number of phenolic OH excluding ortho intramolecular Hbond substituents is 1. The van der Waals surface area contributed by atoms with Crippen LogP contribution >= 0.6 is 23.2 Å². The fraction of sp³-hybridized carbons (Fsp3) is 0.500. The van der Waals surface area contributed by atoms with E-state index in [-0.39, 0.29) is 41.5 Å². The van der Waals surface area contributed by atoms with Gasteiger partial charge in [-0.05, 0) is 37.3 Å². The fourth-order valence-corrected chi connectivity index (χ4v) is 4.02. The summed E-state index contributed by atoms with van der Waals surface area (Å²) in [5.74, 6) is -0.530. The predicted octanol–water partition coefficient (Wildman–Crippen LogP) is 1.65. The number of aliphatic hydroxyl groups is 1. The van der Waals surface area contributed by atoms with E-state index in [1.54, 1.807) is 4.90 Å². The van der Waals surface area contributed by atoms with Crippen molar-refractivity contribution >= 4 is 35.0 Å². The van der Waals surface area contributed by atoms with Crippen molar-refractivity contribution in [2.75, 3.05) is 13.2 Å². The number of aliphatic hydroxyl groups excluding tert-OH is 1. The molecule has 0 spiro atoms. The predicted molar refractivity (Wildman–Crippen MR) is 89.2 cm³/mol. The maximum absolute atomic E-state index is 12.4. The van der Waals surface area contributed by atoms with Gasteiger partial charge in [0.25, 0.3) is 0 Å². The van der Waals surface area contributed by atoms with Crippen LogP contribution in [0.5, 0.6) is 5.75 Å². The highest BCUT2D eigenvalue weighted by atomic mass is 35.5. The maximum Gasteiger partial charge on any atom is 0.245 e. The van der Waals surface area contributed by atoms with E-state index in [1.165, 1.54) is 12.1 Å². The highest BCUT2D eigenvalue weighted by molar-refractivity contribution is 6.42. The number of hydrogen-bond acceptors (Lipinski definition) is 4. The summed E-state index contributed by atoms with van der Waals surface area (Å²) in [6.45, 7) is 0.232. The number of halogens is 2. The number of hydrogen-bond donors (Lipinski definition) is 3. The van der Waals surface area contributed by atoms with E-state index < -0.39 is 12.1 Å². The van der Waals surface area contributed by atoms with Gasteiger partial charge in [0.2, 0.25) is 11.8 Å². The molecule has 0 saturated carbocycles. The van der Waals surface area contributed by atoms with Crippen LogP contribution in [0.25, 0.3) is 0 Å². The Morgan fingerprint density at radius 3 is 2.75 bits per heavy atom. The molecule has 2 amide bonds. The zero-order valence-electron chi connectivity index (χ0n) is 12.8. The van der Waals surface area contributed by atoms with Crippen LogP contribution in [-0.4, -0.2) is 52.2 Å². The first-order chi connectivity index (χ1) is 11.4. The Kier molecular flexibility index (Phi) is 4.90. The van der Waals surface area contributed by atoms with Crippen molar-refractivity contribution in [3.8, 4) is 5.75 Å². The van der Waals surface area contributed by atoms with Crippen LogP contribution in [0.2, 0.25) is 10.0 Å². The molecule has 24 heavy (non-hydrogen) atoms. The van der Waals surface area contributed by atoms with E-state index >= 15 is 0 Å². The summed E-state index contributed by atoms with van der Waals surface area (Å²) in [4.78, 5) is 26.4. The first-order valence-corrected chi connectivity index (χ1v) is 8.58. The third-order valence-electron chi connectivity index (χ3n) is 4.74. The molecule has 0 unspecified atom stereocenters. The molecular formula is C16H18Cl2N2O4. The minimum absolute atomic E-state index is 0.0450. The lowest BCUT2D eigenvalue weighted by Gasteiger charge is -2.44. The van der Waals surface area contributed by atoms with Gasteiger partial charge in [0.1, 0.15) is 17.8 Å². The van der Waals surface area contributed by atoms with Gasteiger partial charge in [-0.1, -0.05) is 23.2 Å². The lowest BCUT2D eigenvalue weighted by atomic mass is 9.83. The molecule has 8 heteroatoms. The molecular weight excluding hydrogens is 355 g/mol. The molecule has 0 aromatic heterocycles. The molecule has 2 saturated heterocycles. The second-order valence-electron chi connectivity index (χ2n) is 6.14. The van der Waals surface area contributed by atoms with Gasteiger partial charge >= 0.3 is 0 Å². The van der Waals surface area contributed by atoms with Crippen molar-refractivity contribution in [3.05, 3.63) is 27.7 Å². The first kappa shape index (κ1) is 17.3. The monoisotopic (exact) mass is 372 g/mol. The molecule has 2 aliphatic heterocycles. The topological polar surface area (TPSA) is 89.9 Å². The first-order valence-electron chi connectivity index (χ1n) is 7.82. The number of benzene rings is 1. The Hall–Kier alpha value is -1.50. The van der Waals surface area contributed by atoms with Gasteiger partial charge in [0.15, 0.2) is 0 Å². The van der Waals surface area contributed by atoms with Gasteiger partial charge < -0.3 is 20.4 Å². The number of nitrogens with zero attached hydrogens (tertiary/aromatic N) is 1. The molecule has 1 aromatic rings. The molecule has 2 fully saturated rings. The van der Waals surface area contributed by atoms with E-state index in [4.69, 9.17) is 28.3 Å². The molecule has 6 nitrogen and oxygen atoms in total. The number of piperidine rings is 1. The van der Waals surface area contributed by atoms with E-state index in [1.807, 2.05) is 0 Å². The van der Waals surface area contributed by atoms with Crippen molar-refractivity contribution in [1.29, 1.82) is 0 Å². The fourth-order valence-electron chi connectivity index (χ4n) is 3.54. The number of amides is 2. The summed E-state index contributed by atoms with van der Waals surface area (Å²) in [6, 6.07) is 1.74. The Morgan fingerprint density at radius 2 is 2.04 bits per heavy atom. The molecule has 130 valence electrons. The third kappa shape index (κ3) is 2.94. The van der Waals surface area contributed by atoms with Crippen LogP contribution in [0.3, 0.4) is 0 Å². The second-order valence-corrected chi connectivity index (χ2v) is 6.92. The van der Waals surface area contributed by atoms with E-state index in [0.717, 1.165) is 0 Å². The highest BCUT2D eigenvalue weighted by Gasteiger charge is 2.44. The number of rotatable bonds is 3. The zero-order chi connectivity index (χ0) is 17.4. The van der Waals surface area contributed by atoms with Gasteiger partial charge in [0.05, 0.1) is 10.0 Å². The summed E-state index contributed by atoms with van der Waals surface area (Å²) in [5, 5.41) is 22.5. The summed E-state index contributed by atoms with van der Waals surface area (Å²) in [7, 11) is 0. The van der Waals surface area contributed by atoms with Crippen molar-refractivity contribution < 1.29 is 19.8 Å². The van der Waals surface area contributed by atoms with E-state index in [0.29, 0.717) is 30.0 Å². The summed E-state index contributed by atoms with van der Waals surface area (Å²) in [6.07, 6.45) is 1.16. The molecule has 2 heterocycles. The summed E-state index contributed by atoms with van der Waals surface area (Å²) >= 11 is 12.3. The summed E-state index contributed by atoms with van der Waals surface area (Å²) < 4.78 is 0. The quantitative estimate of drug-likeness (QED) is 0.752. The number of carbonyl (C=O) groups excluding carboxylic acids is 2. The van der Waals surface area contributed by atoms with Crippen LogP contribution in [-0.2, 0) is 9.59 Å². The lowest BCUT2D eigenvalue weighted by Crippen LogP contribution is -2.65. The van der Waals surface area contributed by atoms with Crippen LogP contribution in [0.4, 0.5) is 0 Å².